The van der Waals surface area contributed by atoms with Crippen molar-refractivity contribution in [2.24, 2.45) is 5.92 Å². The van der Waals surface area contributed by atoms with E-state index >= 15 is 0 Å². The molecule has 0 bridgehead atoms. The fourth-order valence-electron chi connectivity index (χ4n) is 3.80. The average molecular weight is 367 g/mol. The Kier molecular flexibility index (Phi) is 5.80. The van der Waals surface area contributed by atoms with Gasteiger partial charge in [-0.15, -0.1) is 0 Å². The molecule has 1 aromatic heterocycles. The standard InChI is InChI=1S/C22H29N3O2/c1-16(2)22(27)24-12-10-23(11-13-24)15-21(26)20-14-17(3)25(18(20)4)19-8-6-5-7-9-19/h5-9,14,16H,10-13,15H2,1-4H3. The van der Waals surface area contributed by atoms with Crippen molar-refractivity contribution in [3.05, 3.63) is 53.3 Å². The van der Waals surface area contributed by atoms with Gasteiger partial charge in [-0.3, -0.25) is 14.5 Å². The quantitative estimate of drug-likeness (QED) is 0.763. The molecule has 1 amide bonds. The summed E-state index contributed by atoms with van der Waals surface area (Å²) in [4.78, 5) is 29.1. The maximum Gasteiger partial charge on any atom is 0.225 e. The lowest BCUT2D eigenvalue weighted by atomic mass is 10.1. The van der Waals surface area contributed by atoms with Crippen LogP contribution in [0.2, 0.25) is 0 Å². The molecule has 2 aromatic rings. The number of amides is 1. The fourth-order valence-corrected chi connectivity index (χ4v) is 3.80. The molecule has 1 aliphatic heterocycles. The molecule has 0 N–H and O–H groups in total. The number of nitrogens with zero attached hydrogens (tertiary/aromatic N) is 3. The van der Waals surface area contributed by atoms with Crippen molar-refractivity contribution in [3.8, 4) is 5.69 Å². The van der Waals surface area contributed by atoms with Crippen molar-refractivity contribution in [1.29, 1.82) is 0 Å². The van der Waals surface area contributed by atoms with E-state index < -0.39 is 0 Å². The van der Waals surface area contributed by atoms with E-state index in [0.29, 0.717) is 19.6 Å². The minimum atomic E-state index is 0.0292. The molecule has 5 heteroatoms. The van der Waals surface area contributed by atoms with Crippen molar-refractivity contribution in [2.45, 2.75) is 27.7 Å². The number of Topliss-reactive ketones (excluding diaryl/α,β-unsaturated/α-hetero) is 1. The molecule has 144 valence electrons. The van der Waals surface area contributed by atoms with E-state index in [1.165, 1.54) is 0 Å². The van der Waals surface area contributed by atoms with Crippen LogP contribution < -0.4 is 0 Å². The number of rotatable bonds is 5. The molecule has 5 nitrogen and oxygen atoms in total. The number of para-hydroxylation sites is 1. The second-order valence-electron chi connectivity index (χ2n) is 7.64. The monoisotopic (exact) mass is 367 g/mol. The lowest BCUT2D eigenvalue weighted by Gasteiger charge is -2.35. The van der Waals surface area contributed by atoms with E-state index in [1.807, 2.05) is 56.9 Å². The van der Waals surface area contributed by atoms with Crippen molar-refractivity contribution >= 4 is 11.7 Å². The minimum Gasteiger partial charge on any atom is -0.340 e. The molecule has 1 saturated heterocycles. The average Bonchev–Trinajstić information content (AvgIpc) is 2.96. The Hall–Kier alpha value is -2.40. The van der Waals surface area contributed by atoms with E-state index in [9.17, 15) is 9.59 Å². The Morgan fingerprint density at radius 1 is 1.00 bits per heavy atom. The summed E-state index contributed by atoms with van der Waals surface area (Å²) in [6.45, 7) is 11.2. The highest BCUT2D eigenvalue weighted by Gasteiger charge is 2.25. The van der Waals surface area contributed by atoms with Gasteiger partial charge in [-0.05, 0) is 32.0 Å². The SMILES string of the molecule is Cc1cc(C(=O)CN2CCN(C(=O)C(C)C)CC2)c(C)n1-c1ccccc1. The third kappa shape index (κ3) is 4.14. The summed E-state index contributed by atoms with van der Waals surface area (Å²) >= 11 is 0. The van der Waals surface area contributed by atoms with Crippen molar-refractivity contribution in [2.75, 3.05) is 32.7 Å². The lowest BCUT2D eigenvalue weighted by Crippen LogP contribution is -2.50. The maximum absolute atomic E-state index is 12.9. The van der Waals surface area contributed by atoms with E-state index in [-0.39, 0.29) is 17.6 Å². The number of piperazine rings is 1. The largest absolute Gasteiger partial charge is 0.340 e. The summed E-state index contributed by atoms with van der Waals surface area (Å²) in [5.74, 6) is 0.378. The summed E-state index contributed by atoms with van der Waals surface area (Å²) in [7, 11) is 0. The van der Waals surface area contributed by atoms with Gasteiger partial charge in [0, 0.05) is 54.7 Å². The molecule has 1 aliphatic rings. The van der Waals surface area contributed by atoms with Gasteiger partial charge in [-0.2, -0.15) is 0 Å². The minimum absolute atomic E-state index is 0.0292. The summed E-state index contributed by atoms with van der Waals surface area (Å²) in [5, 5.41) is 0. The number of hydrogen-bond acceptors (Lipinski definition) is 3. The number of hydrogen-bond donors (Lipinski definition) is 0. The van der Waals surface area contributed by atoms with E-state index in [2.05, 4.69) is 21.6 Å². The first-order valence-electron chi connectivity index (χ1n) is 9.67. The Balaban J connectivity index is 1.67. The number of aromatic nitrogens is 1. The first-order valence-corrected chi connectivity index (χ1v) is 9.67. The Morgan fingerprint density at radius 3 is 2.22 bits per heavy atom. The van der Waals surface area contributed by atoms with Crippen LogP contribution in [0.15, 0.2) is 36.4 Å². The fraction of sp³-hybridized carbons (Fsp3) is 0.455. The van der Waals surface area contributed by atoms with Crippen LogP contribution in [-0.2, 0) is 4.79 Å². The van der Waals surface area contributed by atoms with Gasteiger partial charge in [0.15, 0.2) is 5.78 Å². The lowest BCUT2D eigenvalue weighted by molar-refractivity contribution is -0.136. The predicted molar refractivity (Wildman–Crippen MR) is 107 cm³/mol. The van der Waals surface area contributed by atoms with Crippen LogP contribution in [0.4, 0.5) is 0 Å². The van der Waals surface area contributed by atoms with E-state index in [4.69, 9.17) is 0 Å². The van der Waals surface area contributed by atoms with E-state index in [0.717, 1.165) is 35.7 Å². The van der Waals surface area contributed by atoms with Gasteiger partial charge < -0.3 is 9.47 Å². The molecule has 1 fully saturated rings. The second-order valence-corrected chi connectivity index (χ2v) is 7.64. The molecular weight excluding hydrogens is 338 g/mol. The maximum atomic E-state index is 12.9. The van der Waals surface area contributed by atoms with Crippen LogP contribution in [0.3, 0.4) is 0 Å². The predicted octanol–water partition coefficient (Wildman–Crippen LogP) is 3.08. The van der Waals surface area contributed by atoms with Gasteiger partial charge in [-0.1, -0.05) is 32.0 Å². The molecule has 0 atom stereocenters. The summed E-state index contributed by atoms with van der Waals surface area (Å²) < 4.78 is 2.13. The number of aryl methyl sites for hydroxylation is 1. The highest BCUT2D eigenvalue weighted by atomic mass is 16.2. The zero-order chi connectivity index (χ0) is 19.6. The Morgan fingerprint density at radius 2 is 1.63 bits per heavy atom. The van der Waals surface area contributed by atoms with Crippen LogP contribution in [0.1, 0.15) is 35.6 Å². The highest BCUT2D eigenvalue weighted by Crippen LogP contribution is 2.21. The molecule has 0 radical (unpaired) electrons. The van der Waals surface area contributed by atoms with Crippen LogP contribution in [0, 0.1) is 19.8 Å². The van der Waals surface area contributed by atoms with E-state index in [1.54, 1.807) is 0 Å². The first-order chi connectivity index (χ1) is 12.9. The topological polar surface area (TPSA) is 45.6 Å². The normalized spacial score (nSPS) is 15.4. The zero-order valence-corrected chi connectivity index (χ0v) is 16.7. The Labute approximate surface area is 161 Å². The van der Waals surface area contributed by atoms with Crippen LogP contribution >= 0.6 is 0 Å². The van der Waals surface area contributed by atoms with Crippen molar-refractivity contribution in [1.82, 2.24) is 14.4 Å². The number of benzene rings is 1. The molecule has 0 spiro atoms. The Bertz CT molecular complexity index is 816. The molecule has 0 saturated carbocycles. The second kappa shape index (κ2) is 8.09. The third-order valence-corrected chi connectivity index (χ3v) is 5.29. The molecular formula is C22H29N3O2. The van der Waals surface area contributed by atoms with Gasteiger partial charge in [-0.25, -0.2) is 0 Å². The highest BCUT2D eigenvalue weighted by molar-refractivity contribution is 5.99. The molecule has 0 unspecified atom stereocenters. The molecule has 1 aromatic carbocycles. The van der Waals surface area contributed by atoms with Crippen LogP contribution in [0.5, 0.6) is 0 Å². The van der Waals surface area contributed by atoms with Crippen LogP contribution in [0.25, 0.3) is 5.69 Å². The van der Waals surface area contributed by atoms with Gasteiger partial charge >= 0.3 is 0 Å². The van der Waals surface area contributed by atoms with Gasteiger partial charge in [0.05, 0.1) is 6.54 Å². The zero-order valence-electron chi connectivity index (χ0n) is 16.7. The molecule has 2 heterocycles. The summed E-state index contributed by atoms with van der Waals surface area (Å²) in [5.41, 5.74) is 3.91. The molecule has 27 heavy (non-hydrogen) atoms. The van der Waals surface area contributed by atoms with Crippen LogP contribution in [-0.4, -0.2) is 58.8 Å². The van der Waals surface area contributed by atoms with Gasteiger partial charge in [0.1, 0.15) is 0 Å². The summed E-state index contributed by atoms with van der Waals surface area (Å²) in [6.07, 6.45) is 0. The molecule has 3 rings (SSSR count). The first kappa shape index (κ1) is 19.4. The number of carbonyl (C=O) groups is 2. The van der Waals surface area contributed by atoms with Crippen molar-refractivity contribution < 1.29 is 9.59 Å². The van der Waals surface area contributed by atoms with Crippen molar-refractivity contribution in [3.63, 3.8) is 0 Å². The summed E-state index contributed by atoms with van der Waals surface area (Å²) in [6, 6.07) is 12.1. The van der Waals surface area contributed by atoms with Gasteiger partial charge in [0.25, 0.3) is 0 Å². The third-order valence-electron chi connectivity index (χ3n) is 5.29. The number of carbonyl (C=O) groups excluding carboxylic acids is 2. The number of ketones is 1. The van der Waals surface area contributed by atoms with Gasteiger partial charge in [0.2, 0.25) is 5.91 Å². The smallest absolute Gasteiger partial charge is 0.225 e. The molecule has 0 aliphatic carbocycles.